The van der Waals surface area contributed by atoms with Crippen LogP contribution in [-0.4, -0.2) is 48.4 Å². The molecule has 1 aliphatic heterocycles. The van der Waals surface area contributed by atoms with E-state index < -0.39 is 0 Å². The molecule has 0 radical (unpaired) electrons. The quantitative estimate of drug-likeness (QED) is 0.390. The Bertz CT molecular complexity index is 1460. The van der Waals surface area contributed by atoms with Gasteiger partial charge in [0, 0.05) is 55.6 Å². The number of hydrogen-bond donors (Lipinski definition) is 2. The van der Waals surface area contributed by atoms with Gasteiger partial charge in [0.25, 0.3) is 0 Å². The van der Waals surface area contributed by atoms with Crippen molar-refractivity contribution in [2.45, 2.75) is 52.5 Å². The second-order valence-corrected chi connectivity index (χ2v) is 10.3. The monoisotopic (exact) mass is 504 g/mol. The smallest absolute Gasteiger partial charge is 0.222 e. The van der Waals surface area contributed by atoms with E-state index in [1.165, 1.54) is 6.92 Å². The first-order valence-corrected chi connectivity index (χ1v) is 12.3. The van der Waals surface area contributed by atoms with E-state index in [2.05, 4.69) is 52.1 Å². The minimum atomic E-state index is -0.199. The maximum Gasteiger partial charge on any atom is 0.222 e. The molecule has 4 aromatic rings. The first-order valence-electron chi connectivity index (χ1n) is 12.3. The number of anilines is 3. The van der Waals surface area contributed by atoms with Gasteiger partial charge in [-0.15, -0.1) is 0 Å². The summed E-state index contributed by atoms with van der Waals surface area (Å²) in [5.74, 6) is 2.71. The van der Waals surface area contributed by atoms with Crippen molar-refractivity contribution < 1.29 is 14.3 Å². The number of amides is 1. The number of pyridine rings is 2. The number of fused-ring (bicyclic) bond motifs is 1. The normalized spacial score (nSPS) is 15.8. The van der Waals surface area contributed by atoms with Gasteiger partial charge in [0.2, 0.25) is 11.9 Å². The molecule has 5 rings (SSSR count). The van der Waals surface area contributed by atoms with Gasteiger partial charge in [0.1, 0.15) is 11.6 Å². The average molecular weight is 505 g/mol. The van der Waals surface area contributed by atoms with Gasteiger partial charge in [-0.2, -0.15) is 10.1 Å². The maximum absolute atomic E-state index is 11.4. The molecule has 0 aliphatic carbocycles. The third kappa shape index (κ3) is 4.99. The van der Waals surface area contributed by atoms with Gasteiger partial charge in [0.15, 0.2) is 17.2 Å². The summed E-state index contributed by atoms with van der Waals surface area (Å²) in [6.07, 6.45) is 4.18. The van der Waals surface area contributed by atoms with Gasteiger partial charge >= 0.3 is 0 Å². The van der Waals surface area contributed by atoms with Crippen LogP contribution in [0, 0.1) is 6.92 Å². The van der Waals surface area contributed by atoms with Gasteiger partial charge in [-0.25, -0.2) is 9.97 Å². The number of carbonyl (C=O) groups excluding carboxylic acids is 1. The highest BCUT2D eigenvalue weighted by molar-refractivity contribution is 5.87. The van der Waals surface area contributed by atoms with E-state index in [0.717, 1.165) is 35.6 Å². The second kappa shape index (κ2) is 9.47. The van der Waals surface area contributed by atoms with Crippen molar-refractivity contribution in [1.82, 2.24) is 29.3 Å². The number of nitrogens with one attached hydrogen (secondary N) is 2. The van der Waals surface area contributed by atoms with Gasteiger partial charge in [-0.3, -0.25) is 9.48 Å². The summed E-state index contributed by atoms with van der Waals surface area (Å²) in [7, 11) is 1.93. The largest absolute Gasteiger partial charge is 0.455 e. The molecule has 2 N–H and O–H groups in total. The molecule has 1 aliphatic rings. The molecule has 5 heterocycles. The highest BCUT2D eigenvalue weighted by Crippen LogP contribution is 2.34. The standard InChI is InChI=1S/C26H32N8O3/c1-15-19(37-18-7-9-27-21(11-18)29-16(2)35)13-28-24-23(15)33(6)25(31-24)30-22-12-20(26(3,4)5)34(32-22)17-8-10-36-14-17/h7,9,11-13,17H,8,10,14H2,1-6H3,(H,27,29,35)(H,28,30,31,32)/t17-/m1/s1. The fraction of sp³-hybridized carbons (Fsp3) is 0.423. The molecule has 0 spiro atoms. The number of carbonyl (C=O) groups is 1. The molecular weight excluding hydrogens is 472 g/mol. The molecular formula is C26H32N8O3. The fourth-order valence-corrected chi connectivity index (χ4v) is 4.52. The van der Waals surface area contributed by atoms with Crippen molar-refractivity contribution in [3.8, 4) is 11.5 Å². The fourth-order valence-electron chi connectivity index (χ4n) is 4.52. The van der Waals surface area contributed by atoms with Crippen LogP contribution in [0.3, 0.4) is 0 Å². The molecule has 11 nitrogen and oxygen atoms in total. The summed E-state index contributed by atoms with van der Waals surface area (Å²) >= 11 is 0. The molecule has 37 heavy (non-hydrogen) atoms. The minimum Gasteiger partial charge on any atom is -0.455 e. The average Bonchev–Trinajstić information content (AvgIpc) is 3.55. The molecule has 194 valence electrons. The Morgan fingerprint density at radius 3 is 2.73 bits per heavy atom. The molecule has 4 aromatic heterocycles. The molecule has 0 bridgehead atoms. The summed E-state index contributed by atoms with van der Waals surface area (Å²) in [4.78, 5) is 24.7. The van der Waals surface area contributed by atoms with E-state index in [1.54, 1.807) is 24.5 Å². The number of aromatic nitrogens is 6. The number of rotatable bonds is 6. The minimum absolute atomic E-state index is 0.0704. The Kier molecular flexibility index (Phi) is 6.32. The van der Waals surface area contributed by atoms with Crippen LogP contribution in [0.5, 0.6) is 11.5 Å². The highest BCUT2D eigenvalue weighted by atomic mass is 16.5. The molecule has 1 atom stereocenters. The lowest BCUT2D eigenvalue weighted by atomic mass is 9.91. The zero-order chi connectivity index (χ0) is 26.3. The highest BCUT2D eigenvalue weighted by Gasteiger charge is 2.28. The number of hydrogen-bond acceptors (Lipinski definition) is 8. The van der Waals surface area contributed by atoms with Crippen molar-refractivity contribution >= 4 is 34.7 Å². The Labute approximate surface area is 215 Å². The van der Waals surface area contributed by atoms with E-state index in [-0.39, 0.29) is 17.4 Å². The molecule has 0 unspecified atom stereocenters. The summed E-state index contributed by atoms with van der Waals surface area (Å²) in [5, 5.41) is 10.9. The first-order chi connectivity index (χ1) is 17.6. The second-order valence-electron chi connectivity index (χ2n) is 10.3. The Morgan fingerprint density at radius 2 is 2.03 bits per heavy atom. The van der Waals surface area contributed by atoms with Crippen LogP contribution >= 0.6 is 0 Å². The Hall–Kier alpha value is -3.99. The van der Waals surface area contributed by atoms with Gasteiger partial charge in [-0.1, -0.05) is 20.8 Å². The predicted molar refractivity (Wildman–Crippen MR) is 141 cm³/mol. The van der Waals surface area contributed by atoms with Gasteiger partial charge in [0.05, 0.1) is 24.4 Å². The predicted octanol–water partition coefficient (Wildman–Crippen LogP) is 4.62. The Balaban J connectivity index is 1.44. The first kappa shape index (κ1) is 24.7. The van der Waals surface area contributed by atoms with E-state index in [1.807, 2.05) is 18.5 Å². The van der Waals surface area contributed by atoms with E-state index in [0.29, 0.717) is 35.5 Å². The van der Waals surface area contributed by atoms with Crippen LogP contribution in [0.15, 0.2) is 30.6 Å². The lowest BCUT2D eigenvalue weighted by molar-refractivity contribution is -0.114. The topological polar surface area (TPSA) is 121 Å². The van der Waals surface area contributed by atoms with Crippen molar-refractivity contribution in [1.29, 1.82) is 0 Å². The van der Waals surface area contributed by atoms with Crippen molar-refractivity contribution in [2.75, 3.05) is 23.8 Å². The third-order valence-electron chi connectivity index (χ3n) is 6.36. The summed E-state index contributed by atoms with van der Waals surface area (Å²) in [6, 6.07) is 5.71. The van der Waals surface area contributed by atoms with Crippen molar-refractivity contribution in [3.63, 3.8) is 0 Å². The zero-order valence-electron chi connectivity index (χ0n) is 22.0. The Morgan fingerprint density at radius 1 is 1.22 bits per heavy atom. The van der Waals surface area contributed by atoms with E-state index >= 15 is 0 Å². The summed E-state index contributed by atoms with van der Waals surface area (Å²) in [5.41, 5.74) is 3.40. The number of aryl methyl sites for hydroxylation is 2. The third-order valence-corrected chi connectivity index (χ3v) is 6.36. The summed E-state index contributed by atoms with van der Waals surface area (Å²) in [6.45, 7) is 11.4. The lowest BCUT2D eigenvalue weighted by Crippen LogP contribution is -2.22. The molecule has 0 saturated carbocycles. The molecule has 11 heteroatoms. The molecule has 0 aromatic carbocycles. The van der Waals surface area contributed by atoms with Crippen LogP contribution in [0.1, 0.15) is 51.4 Å². The van der Waals surface area contributed by atoms with E-state index in [9.17, 15) is 4.79 Å². The van der Waals surface area contributed by atoms with Crippen LogP contribution in [-0.2, 0) is 22.0 Å². The van der Waals surface area contributed by atoms with Crippen molar-refractivity contribution in [2.24, 2.45) is 7.05 Å². The van der Waals surface area contributed by atoms with Crippen LogP contribution < -0.4 is 15.4 Å². The zero-order valence-corrected chi connectivity index (χ0v) is 22.0. The van der Waals surface area contributed by atoms with Crippen LogP contribution in [0.25, 0.3) is 11.2 Å². The number of nitrogens with zero attached hydrogens (tertiary/aromatic N) is 6. The van der Waals surface area contributed by atoms with Gasteiger partial charge in [-0.05, 0) is 19.4 Å². The van der Waals surface area contributed by atoms with Crippen molar-refractivity contribution in [3.05, 3.63) is 41.9 Å². The van der Waals surface area contributed by atoms with E-state index in [4.69, 9.17) is 19.6 Å². The maximum atomic E-state index is 11.4. The van der Waals surface area contributed by atoms with Crippen LogP contribution in [0.2, 0.25) is 0 Å². The van der Waals surface area contributed by atoms with Gasteiger partial charge < -0.3 is 24.7 Å². The lowest BCUT2D eigenvalue weighted by Gasteiger charge is -2.22. The van der Waals surface area contributed by atoms with Crippen LogP contribution in [0.4, 0.5) is 17.6 Å². The molecule has 1 fully saturated rings. The molecule has 1 amide bonds. The SMILES string of the molecule is CC(=O)Nc1cc(Oc2cnc3nc(Nc4cc(C(C)(C)C)n([C@@H]5CCOC5)n4)n(C)c3c2C)ccn1. The number of ether oxygens (including phenoxy) is 2. The molecule has 1 saturated heterocycles. The summed E-state index contributed by atoms with van der Waals surface area (Å²) < 4.78 is 15.8. The number of imidazole rings is 1.